The number of hydrogen-bond donors (Lipinski definition) is 2. The molecule has 1 amide bonds. The van der Waals surface area contributed by atoms with Crippen LogP contribution in [0.2, 0.25) is 0 Å². The first-order valence-electron chi connectivity index (χ1n) is 7.18. The first-order valence-corrected chi connectivity index (χ1v) is 7.18. The monoisotopic (exact) mass is 307 g/mol. The zero-order valence-corrected chi connectivity index (χ0v) is 13.2. The van der Waals surface area contributed by atoms with Gasteiger partial charge in [-0.2, -0.15) is 0 Å². The standard InChI is InChI=1S/C16H21NO5/c1-9-11-7-10(14(18)19)5-6-12(11)21-13(9)8-17-15(20)22-16(2,3)4/h5-7,9,13H,8H2,1-4H3,(H,17,20)(H,18,19)/t9-,13-/m0/s1. The van der Waals surface area contributed by atoms with Gasteiger partial charge in [0.1, 0.15) is 17.5 Å². The van der Waals surface area contributed by atoms with Crippen molar-refractivity contribution in [3.63, 3.8) is 0 Å². The van der Waals surface area contributed by atoms with E-state index in [0.29, 0.717) is 12.3 Å². The zero-order valence-electron chi connectivity index (χ0n) is 13.2. The number of carboxylic acids is 1. The van der Waals surface area contributed by atoms with Gasteiger partial charge < -0.3 is 19.9 Å². The SMILES string of the molecule is C[C@H]1c2cc(C(=O)O)ccc2O[C@H]1CNC(=O)OC(C)(C)C. The molecule has 1 aromatic rings. The Morgan fingerprint density at radius 1 is 1.36 bits per heavy atom. The predicted octanol–water partition coefficient (Wildman–Crippen LogP) is 2.77. The van der Waals surface area contributed by atoms with E-state index in [-0.39, 0.29) is 17.6 Å². The zero-order chi connectivity index (χ0) is 16.5. The average Bonchev–Trinajstić information content (AvgIpc) is 2.71. The Labute approximate surface area is 129 Å². The van der Waals surface area contributed by atoms with Crippen molar-refractivity contribution >= 4 is 12.1 Å². The van der Waals surface area contributed by atoms with Crippen molar-refractivity contribution in [2.45, 2.75) is 45.3 Å². The Morgan fingerprint density at radius 2 is 2.05 bits per heavy atom. The third-order valence-electron chi connectivity index (χ3n) is 3.43. The Balaban J connectivity index is 1.99. The lowest BCUT2D eigenvalue weighted by Gasteiger charge is -2.21. The highest BCUT2D eigenvalue weighted by Gasteiger charge is 2.32. The lowest BCUT2D eigenvalue weighted by atomic mass is 9.96. The fourth-order valence-electron chi connectivity index (χ4n) is 2.33. The minimum absolute atomic E-state index is 0.00997. The molecule has 2 atom stereocenters. The van der Waals surface area contributed by atoms with Gasteiger partial charge in [0.15, 0.2) is 0 Å². The Morgan fingerprint density at radius 3 is 2.64 bits per heavy atom. The fourth-order valence-corrected chi connectivity index (χ4v) is 2.33. The summed E-state index contributed by atoms with van der Waals surface area (Å²) in [5.41, 5.74) is 0.525. The van der Waals surface area contributed by atoms with Crippen molar-refractivity contribution in [3.05, 3.63) is 29.3 Å². The van der Waals surface area contributed by atoms with Crippen LogP contribution in [0.4, 0.5) is 4.79 Å². The second-order valence-corrected chi connectivity index (χ2v) is 6.39. The van der Waals surface area contributed by atoms with Gasteiger partial charge in [0.2, 0.25) is 0 Å². The number of aromatic carboxylic acids is 1. The Kier molecular flexibility index (Phi) is 4.30. The van der Waals surface area contributed by atoms with Crippen LogP contribution in [0.1, 0.15) is 49.5 Å². The normalized spacial score (nSPS) is 20.0. The number of rotatable bonds is 3. The summed E-state index contributed by atoms with van der Waals surface area (Å²) in [5.74, 6) is -0.317. The van der Waals surface area contributed by atoms with Gasteiger partial charge in [0.05, 0.1) is 12.1 Å². The summed E-state index contributed by atoms with van der Waals surface area (Å²) >= 11 is 0. The molecule has 0 saturated carbocycles. The van der Waals surface area contributed by atoms with Crippen LogP contribution in [0.25, 0.3) is 0 Å². The molecule has 0 fully saturated rings. The van der Waals surface area contributed by atoms with Crippen molar-refractivity contribution in [2.75, 3.05) is 6.54 Å². The van der Waals surface area contributed by atoms with Crippen molar-refractivity contribution in [3.8, 4) is 5.75 Å². The summed E-state index contributed by atoms with van der Waals surface area (Å²) in [5, 5.41) is 11.7. The molecule has 0 radical (unpaired) electrons. The summed E-state index contributed by atoms with van der Waals surface area (Å²) in [6, 6.07) is 4.79. The van der Waals surface area contributed by atoms with Crippen molar-refractivity contribution in [1.82, 2.24) is 5.32 Å². The lowest BCUT2D eigenvalue weighted by Crippen LogP contribution is -2.39. The smallest absolute Gasteiger partial charge is 0.407 e. The third-order valence-corrected chi connectivity index (χ3v) is 3.43. The maximum atomic E-state index is 11.7. The number of nitrogens with one attached hydrogen (secondary N) is 1. The van der Waals surface area contributed by atoms with Gasteiger partial charge >= 0.3 is 12.1 Å². The molecule has 6 nitrogen and oxygen atoms in total. The van der Waals surface area contributed by atoms with Crippen LogP contribution in [0.5, 0.6) is 5.75 Å². The highest BCUT2D eigenvalue weighted by atomic mass is 16.6. The Hall–Kier alpha value is -2.24. The number of benzene rings is 1. The molecule has 0 aromatic heterocycles. The molecule has 1 aliphatic heterocycles. The number of hydrogen-bond acceptors (Lipinski definition) is 4. The van der Waals surface area contributed by atoms with Gasteiger partial charge in [0, 0.05) is 11.5 Å². The molecular weight excluding hydrogens is 286 g/mol. The number of carbonyl (C=O) groups excluding carboxylic acids is 1. The molecule has 0 spiro atoms. The molecule has 2 N–H and O–H groups in total. The van der Waals surface area contributed by atoms with Crippen LogP contribution in [-0.2, 0) is 4.74 Å². The van der Waals surface area contributed by atoms with E-state index in [1.54, 1.807) is 32.9 Å². The first-order chi connectivity index (χ1) is 10.2. The third kappa shape index (κ3) is 3.69. The fraction of sp³-hybridized carbons (Fsp3) is 0.500. The number of fused-ring (bicyclic) bond motifs is 1. The van der Waals surface area contributed by atoms with Crippen LogP contribution >= 0.6 is 0 Å². The second-order valence-electron chi connectivity index (χ2n) is 6.39. The molecular formula is C16H21NO5. The highest BCUT2D eigenvalue weighted by molar-refractivity contribution is 5.88. The molecule has 22 heavy (non-hydrogen) atoms. The molecule has 6 heteroatoms. The quantitative estimate of drug-likeness (QED) is 0.897. The number of carbonyl (C=O) groups is 2. The van der Waals surface area contributed by atoms with Crippen LogP contribution in [0.3, 0.4) is 0 Å². The van der Waals surface area contributed by atoms with E-state index < -0.39 is 17.7 Å². The van der Waals surface area contributed by atoms with Gasteiger partial charge in [-0.3, -0.25) is 0 Å². The maximum Gasteiger partial charge on any atom is 0.407 e. The van der Waals surface area contributed by atoms with Gasteiger partial charge in [-0.1, -0.05) is 6.92 Å². The van der Waals surface area contributed by atoms with E-state index in [0.717, 1.165) is 5.56 Å². The topological polar surface area (TPSA) is 84.9 Å². The van der Waals surface area contributed by atoms with Crippen LogP contribution in [0.15, 0.2) is 18.2 Å². The van der Waals surface area contributed by atoms with E-state index in [2.05, 4.69) is 5.32 Å². The lowest BCUT2D eigenvalue weighted by molar-refractivity contribution is 0.0501. The van der Waals surface area contributed by atoms with Crippen molar-refractivity contribution < 1.29 is 24.2 Å². The van der Waals surface area contributed by atoms with Crippen LogP contribution in [0, 0.1) is 0 Å². The molecule has 0 unspecified atom stereocenters. The summed E-state index contributed by atoms with van der Waals surface area (Å²) < 4.78 is 10.9. The molecule has 1 heterocycles. The summed E-state index contributed by atoms with van der Waals surface area (Å²) in [6.45, 7) is 7.63. The molecule has 1 aliphatic rings. The molecule has 1 aromatic carbocycles. The van der Waals surface area contributed by atoms with E-state index in [4.69, 9.17) is 14.6 Å². The minimum atomic E-state index is -0.967. The van der Waals surface area contributed by atoms with Gasteiger partial charge in [-0.25, -0.2) is 9.59 Å². The number of ether oxygens (including phenoxy) is 2. The van der Waals surface area contributed by atoms with E-state index >= 15 is 0 Å². The summed E-state index contributed by atoms with van der Waals surface area (Å²) in [6.07, 6.45) is -0.739. The van der Waals surface area contributed by atoms with Gasteiger partial charge in [-0.05, 0) is 39.0 Å². The molecule has 0 aliphatic carbocycles. The molecule has 120 valence electrons. The van der Waals surface area contributed by atoms with E-state index in [1.165, 1.54) is 6.07 Å². The Bertz CT molecular complexity index is 591. The molecule has 2 rings (SSSR count). The van der Waals surface area contributed by atoms with E-state index in [9.17, 15) is 9.59 Å². The van der Waals surface area contributed by atoms with Crippen LogP contribution in [-0.4, -0.2) is 35.4 Å². The number of carboxylic acid groups (broad SMARTS) is 1. The van der Waals surface area contributed by atoms with Gasteiger partial charge in [-0.15, -0.1) is 0 Å². The van der Waals surface area contributed by atoms with Crippen molar-refractivity contribution in [1.29, 1.82) is 0 Å². The average molecular weight is 307 g/mol. The van der Waals surface area contributed by atoms with E-state index in [1.807, 2.05) is 6.92 Å². The van der Waals surface area contributed by atoms with Crippen molar-refractivity contribution in [2.24, 2.45) is 0 Å². The first kappa shape index (κ1) is 16.1. The molecule has 0 saturated heterocycles. The second kappa shape index (κ2) is 5.87. The summed E-state index contributed by atoms with van der Waals surface area (Å²) in [7, 11) is 0. The number of alkyl carbamates (subject to hydrolysis) is 1. The highest BCUT2D eigenvalue weighted by Crippen LogP contribution is 2.38. The minimum Gasteiger partial charge on any atom is -0.488 e. The van der Waals surface area contributed by atoms with Gasteiger partial charge in [0.25, 0.3) is 0 Å². The number of amides is 1. The summed E-state index contributed by atoms with van der Waals surface area (Å²) in [4.78, 5) is 22.7. The maximum absolute atomic E-state index is 11.7. The van der Waals surface area contributed by atoms with Crippen LogP contribution < -0.4 is 10.1 Å². The molecule has 0 bridgehead atoms. The predicted molar refractivity (Wildman–Crippen MR) is 80.5 cm³/mol. The largest absolute Gasteiger partial charge is 0.488 e.